The summed E-state index contributed by atoms with van der Waals surface area (Å²) < 4.78 is 8.97. The quantitative estimate of drug-likeness (QED) is 0.244. The fourth-order valence-electron chi connectivity index (χ4n) is 4.81. The van der Waals surface area contributed by atoms with Crippen LogP contribution in [-0.4, -0.2) is 75.9 Å². The Balaban J connectivity index is 1.40. The minimum Gasteiger partial charge on any atom is -0.394 e. The second-order valence-electron chi connectivity index (χ2n) is 9.15. The fraction of sp³-hybridized carbons (Fsp3) is 0.259. The Morgan fingerprint density at radius 2 is 1.63 bits per heavy atom. The number of benzene rings is 2. The Morgan fingerprint density at radius 1 is 0.921 bits per heavy atom. The van der Waals surface area contributed by atoms with Crippen LogP contribution in [0.5, 0.6) is 0 Å². The van der Waals surface area contributed by atoms with E-state index in [0.717, 1.165) is 11.1 Å². The first-order chi connectivity index (χ1) is 18.6. The summed E-state index contributed by atoms with van der Waals surface area (Å²) >= 11 is 0. The van der Waals surface area contributed by atoms with E-state index in [1.807, 2.05) is 36.4 Å². The van der Waals surface area contributed by atoms with Gasteiger partial charge in [-0.3, -0.25) is 9.13 Å². The molecule has 0 aliphatic carbocycles. The fourth-order valence-corrected chi connectivity index (χ4v) is 4.81. The van der Waals surface area contributed by atoms with Gasteiger partial charge in [0.1, 0.15) is 24.6 Å². The van der Waals surface area contributed by atoms with Crippen molar-refractivity contribution in [2.24, 2.45) is 0 Å². The Kier molecular flexibility index (Phi) is 6.56. The number of aliphatic hydroxyl groups is 3. The monoisotopic (exact) mass is 513 g/mol. The molecular formula is C27H27N7O4. The highest BCUT2D eigenvalue weighted by Crippen LogP contribution is 2.33. The minimum absolute atomic E-state index is 0.0432. The molecule has 2 aromatic carbocycles. The van der Waals surface area contributed by atoms with Crippen LogP contribution < -0.4 is 5.32 Å². The number of nitrogens with zero attached hydrogens (tertiary/aromatic N) is 6. The highest BCUT2D eigenvalue weighted by molar-refractivity contribution is 5.84. The number of anilines is 1. The zero-order valence-corrected chi connectivity index (χ0v) is 20.3. The Morgan fingerprint density at radius 3 is 2.24 bits per heavy atom. The molecule has 5 aromatic rings. The molecule has 0 radical (unpaired) electrons. The van der Waals surface area contributed by atoms with Crippen LogP contribution in [0.4, 0.5) is 5.82 Å². The first-order valence-electron chi connectivity index (χ1n) is 12.3. The summed E-state index contributed by atoms with van der Waals surface area (Å²) in [6, 6.07) is 20.5. The maximum atomic E-state index is 10.6. The largest absolute Gasteiger partial charge is 0.394 e. The molecule has 1 aliphatic heterocycles. The van der Waals surface area contributed by atoms with Gasteiger partial charge >= 0.3 is 0 Å². The van der Waals surface area contributed by atoms with E-state index >= 15 is 0 Å². The molecule has 0 saturated carbocycles. The number of hydrogen-bond acceptors (Lipinski definition) is 9. The van der Waals surface area contributed by atoms with Crippen molar-refractivity contribution >= 4 is 17.0 Å². The van der Waals surface area contributed by atoms with Crippen LogP contribution in [0.25, 0.3) is 17.1 Å². The highest BCUT2D eigenvalue weighted by atomic mass is 16.6. The maximum absolute atomic E-state index is 10.6. The molecule has 3 aromatic heterocycles. The van der Waals surface area contributed by atoms with Crippen LogP contribution in [0.1, 0.15) is 23.3 Å². The standard InChI is InChI=1S/C27H27N7O4/c35-14-20-22(36)23(37)26(38-20)34-16-30-21-24(31-27(32-25(21)34)33-12-11-28-15-33)29-13-19(17-7-3-1-4-8-17)18-9-5-2-6-10-18/h1-12,15-16,19-20,22-23,26,35-37H,13-14H2,(H,29,31,32)/t20-,22-,23-,26-/m1/s1. The van der Waals surface area contributed by atoms with Crippen LogP contribution in [0.15, 0.2) is 85.7 Å². The lowest BCUT2D eigenvalue weighted by Crippen LogP contribution is -2.33. The molecule has 0 amide bonds. The van der Waals surface area contributed by atoms with Gasteiger partial charge in [0, 0.05) is 24.9 Å². The normalized spacial score (nSPS) is 21.4. The molecule has 1 fully saturated rings. The lowest BCUT2D eigenvalue weighted by atomic mass is 9.91. The number of aliphatic hydroxyl groups excluding tert-OH is 3. The number of nitrogens with one attached hydrogen (secondary N) is 1. The third kappa shape index (κ3) is 4.41. The van der Waals surface area contributed by atoms with Crippen LogP contribution in [0, 0.1) is 0 Å². The number of aromatic nitrogens is 6. The summed E-state index contributed by atoms with van der Waals surface area (Å²) in [4.78, 5) is 18.1. The third-order valence-corrected chi connectivity index (χ3v) is 6.81. The number of rotatable bonds is 8. The van der Waals surface area contributed by atoms with Crippen LogP contribution in [-0.2, 0) is 4.74 Å². The van der Waals surface area contributed by atoms with E-state index in [9.17, 15) is 15.3 Å². The average molecular weight is 514 g/mol. The molecule has 1 saturated heterocycles. The molecule has 4 heterocycles. The van der Waals surface area contributed by atoms with E-state index < -0.39 is 31.1 Å². The molecular weight excluding hydrogens is 486 g/mol. The van der Waals surface area contributed by atoms with Gasteiger partial charge in [0.2, 0.25) is 5.95 Å². The van der Waals surface area contributed by atoms with Gasteiger partial charge in [-0.25, -0.2) is 9.97 Å². The molecule has 0 bridgehead atoms. The van der Waals surface area contributed by atoms with Crippen molar-refractivity contribution in [1.29, 1.82) is 0 Å². The van der Waals surface area contributed by atoms with Crippen LogP contribution >= 0.6 is 0 Å². The first-order valence-corrected chi connectivity index (χ1v) is 12.3. The molecule has 11 heteroatoms. The molecule has 4 atom stereocenters. The van der Waals surface area contributed by atoms with Gasteiger partial charge in [-0.05, 0) is 11.1 Å². The van der Waals surface area contributed by atoms with E-state index in [0.29, 0.717) is 29.5 Å². The number of ether oxygens (including phenoxy) is 1. The summed E-state index contributed by atoms with van der Waals surface area (Å²) in [7, 11) is 0. The van der Waals surface area contributed by atoms with E-state index in [4.69, 9.17) is 9.72 Å². The zero-order valence-electron chi connectivity index (χ0n) is 20.3. The summed E-state index contributed by atoms with van der Waals surface area (Å²) in [6.45, 7) is 0.105. The first kappa shape index (κ1) is 24.2. The minimum atomic E-state index is -1.27. The van der Waals surface area contributed by atoms with Gasteiger partial charge in [0.25, 0.3) is 0 Å². The Labute approximate surface area is 218 Å². The van der Waals surface area contributed by atoms with Gasteiger partial charge in [0.05, 0.1) is 12.9 Å². The number of fused-ring (bicyclic) bond motifs is 1. The van der Waals surface area contributed by atoms with Crippen molar-refractivity contribution in [3.63, 3.8) is 0 Å². The van der Waals surface area contributed by atoms with Gasteiger partial charge in [-0.1, -0.05) is 60.7 Å². The lowest BCUT2D eigenvalue weighted by Gasteiger charge is -2.20. The van der Waals surface area contributed by atoms with Crippen molar-refractivity contribution in [1.82, 2.24) is 29.1 Å². The second-order valence-corrected chi connectivity index (χ2v) is 9.15. The molecule has 0 unspecified atom stereocenters. The zero-order chi connectivity index (χ0) is 26.1. The molecule has 11 nitrogen and oxygen atoms in total. The summed E-state index contributed by atoms with van der Waals surface area (Å²) in [6.07, 6.45) is 2.04. The molecule has 194 valence electrons. The van der Waals surface area contributed by atoms with Crippen LogP contribution in [0.3, 0.4) is 0 Å². The van der Waals surface area contributed by atoms with E-state index in [2.05, 4.69) is 44.5 Å². The van der Waals surface area contributed by atoms with Gasteiger partial charge < -0.3 is 25.4 Å². The average Bonchev–Trinajstić information content (AvgIpc) is 3.70. The third-order valence-electron chi connectivity index (χ3n) is 6.81. The summed E-state index contributed by atoms with van der Waals surface area (Å²) in [5.41, 5.74) is 3.19. The molecule has 4 N–H and O–H groups in total. The number of imidazole rings is 2. The predicted molar refractivity (Wildman–Crippen MR) is 139 cm³/mol. The topological polar surface area (TPSA) is 143 Å². The van der Waals surface area contributed by atoms with Crippen LogP contribution in [0.2, 0.25) is 0 Å². The van der Waals surface area contributed by atoms with Gasteiger partial charge in [-0.15, -0.1) is 0 Å². The van der Waals surface area contributed by atoms with Crippen molar-refractivity contribution in [3.8, 4) is 5.95 Å². The van der Waals surface area contributed by atoms with Crippen molar-refractivity contribution in [2.45, 2.75) is 30.5 Å². The summed E-state index contributed by atoms with van der Waals surface area (Å²) in [5.74, 6) is 0.893. The lowest BCUT2D eigenvalue weighted by molar-refractivity contribution is -0.0511. The Hall–Kier alpha value is -4.16. The van der Waals surface area contributed by atoms with E-state index in [1.165, 1.54) is 6.33 Å². The molecule has 38 heavy (non-hydrogen) atoms. The highest BCUT2D eigenvalue weighted by Gasteiger charge is 2.44. The molecule has 0 spiro atoms. The van der Waals surface area contributed by atoms with E-state index in [1.54, 1.807) is 27.9 Å². The predicted octanol–water partition coefficient (Wildman–Crippen LogP) is 1.87. The SMILES string of the molecule is OC[C@H]1O[C@@H](n2cnc3c(NCC(c4ccccc4)c4ccccc4)nc(-n4ccnc4)nc32)[C@H](O)[C@@H]1O. The smallest absolute Gasteiger partial charge is 0.239 e. The van der Waals surface area contributed by atoms with Gasteiger partial charge in [0.15, 0.2) is 23.2 Å². The van der Waals surface area contributed by atoms with Crippen molar-refractivity contribution in [2.75, 3.05) is 18.5 Å². The van der Waals surface area contributed by atoms with Crippen molar-refractivity contribution < 1.29 is 20.1 Å². The van der Waals surface area contributed by atoms with Gasteiger partial charge in [-0.2, -0.15) is 9.97 Å². The number of hydrogen-bond donors (Lipinski definition) is 4. The second kappa shape index (κ2) is 10.3. The molecule has 1 aliphatic rings. The Bertz CT molecular complexity index is 1450. The van der Waals surface area contributed by atoms with Crippen molar-refractivity contribution in [3.05, 3.63) is 96.8 Å². The maximum Gasteiger partial charge on any atom is 0.239 e. The van der Waals surface area contributed by atoms with E-state index in [-0.39, 0.29) is 5.92 Å². The molecule has 6 rings (SSSR count). The summed E-state index contributed by atoms with van der Waals surface area (Å²) in [5, 5.41) is 33.9.